The van der Waals surface area contributed by atoms with Crippen molar-refractivity contribution in [2.24, 2.45) is 0 Å². The zero-order valence-electron chi connectivity index (χ0n) is 19.2. The molecule has 0 bridgehead atoms. The number of H-pyrrole nitrogens is 1. The van der Waals surface area contributed by atoms with E-state index in [1.165, 1.54) is 6.42 Å². The van der Waals surface area contributed by atoms with Crippen molar-refractivity contribution in [3.63, 3.8) is 0 Å². The van der Waals surface area contributed by atoms with E-state index in [-0.39, 0.29) is 12.0 Å². The maximum Gasteiger partial charge on any atom is 0.274 e. The molecule has 3 aromatic rings. The number of hydrogen-bond donors (Lipinski definition) is 2. The minimum Gasteiger partial charge on any atom is -0.368 e. The topological polar surface area (TPSA) is 96.0 Å². The van der Waals surface area contributed by atoms with Crippen molar-refractivity contribution in [3.05, 3.63) is 64.4 Å². The van der Waals surface area contributed by atoms with Crippen LogP contribution in [-0.4, -0.2) is 50.7 Å². The number of ether oxygens (including phenoxy) is 1. The van der Waals surface area contributed by atoms with Gasteiger partial charge in [-0.1, -0.05) is 12.5 Å². The number of aromatic amines is 1. The van der Waals surface area contributed by atoms with Crippen molar-refractivity contribution in [3.8, 4) is 0 Å². The van der Waals surface area contributed by atoms with E-state index in [0.29, 0.717) is 25.4 Å². The van der Waals surface area contributed by atoms with Gasteiger partial charge in [0.2, 0.25) is 0 Å². The lowest BCUT2D eigenvalue weighted by Crippen LogP contribution is -2.43. The van der Waals surface area contributed by atoms with E-state index in [9.17, 15) is 4.79 Å². The van der Waals surface area contributed by atoms with E-state index in [1.807, 2.05) is 49.1 Å². The second-order valence-corrected chi connectivity index (χ2v) is 8.91. The molecule has 4 heterocycles. The highest BCUT2D eigenvalue weighted by Gasteiger charge is 2.31. The summed E-state index contributed by atoms with van der Waals surface area (Å²) in [5.74, 6) is 0.768. The van der Waals surface area contributed by atoms with Gasteiger partial charge < -0.3 is 15.0 Å². The summed E-state index contributed by atoms with van der Waals surface area (Å²) in [7, 11) is 0. The van der Waals surface area contributed by atoms with Crippen molar-refractivity contribution in [1.29, 1.82) is 0 Å². The molecule has 0 saturated carbocycles. The van der Waals surface area contributed by atoms with Crippen LogP contribution in [0.25, 0.3) is 0 Å². The van der Waals surface area contributed by atoms with Crippen LogP contribution in [0.15, 0.2) is 30.3 Å². The van der Waals surface area contributed by atoms with Crippen LogP contribution in [-0.2, 0) is 17.6 Å². The summed E-state index contributed by atoms with van der Waals surface area (Å²) in [6.07, 6.45) is 5.06. The highest BCUT2D eigenvalue weighted by atomic mass is 16.5. The van der Waals surface area contributed by atoms with Gasteiger partial charge in [-0.25, -0.2) is 4.98 Å². The SMILES string of the molecule is Cc1cccc(Nc2cc(C)nc([C@@H]3CN(C(=O)c4n[nH]c5c4CCCCC5)CCO3)c2)n1. The van der Waals surface area contributed by atoms with E-state index in [1.54, 1.807) is 0 Å². The fraction of sp³-hybridized carbons (Fsp3) is 0.440. The van der Waals surface area contributed by atoms with Gasteiger partial charge in [0.05, 0.1) is 18.8 Å². The van der Waals surface area contributed by atoms with Crippen LogP contribution in [0.2, 0.25) is 0 Å². The summed E-state index contributed by atoms with van der Waals surface area (Å²) in [6, 6.07) is 9.85. The molecular weight excluding hydrogens is 416 g/mol. The molecule has 3 aromatic heterocycles. The van der Waals surface area contributed by atoms with Gasteiger partial charge in [-0.05, 0) is 63.8 Å². The number of aromatic nitrogens is 4. The molecule has 1 aliphatic heterocycles. The highest BCUT2D eigenvalue weighted by Crippen LogP contribution is 2.28. The normalized spacial score (nSPS) is 18.5. The molecular formula is C25H30N6O2. The first kappa shape index (κ1) is 21.6. The summed E-state index contributed by atoms with van der Waals surface area (Å²) in [5.41, 5.74) is 6.36. The van der Waals surface area contributed by atoms with Gasteiger partial charge in [0.15, 0.2) is 5.69 Å². The Bertz CT molecular complexity index is 1160. The molecule has 8 heteroatoms. The van der Waals surface area contributed by atoms with Crippen molar-refractivity contribution in [2.75, 3.05) is 25.0 Å². The first-order valence-corrected chi connectivity index (χ1v) is 11.7. The Morgan fingerprint density at radius 3 is 2.88 bits per heavy atom. The summed E-state index contributed by atoms with van der Waals surface area (Å²) < 4.78 is 6.05. The number of morpholine rings is 1. The maximum absolute atomic E-state index is 13.4. The molecule has 5 rings (SSSR count). The third-order valence-electron chi connectivity index (χ3n) is 6.33. The molecule has 0 unspecified atom stereocenters. The number of rotatable bonds is 4. The second kappa shape index (κ2) is 9.31. The minimum atomic E-state index is -0.286. The molecule has 1 amide bonds. The monoisotopic (exact) mass is 446 g/mol. The summed E-state index contributed by atoms with van der Waals surface area (Å²) in [4.78, 5) is 24.5. The van der Waals surface area contributed by atoms with Crippen LogP contribution in [0.3, 0.4) is 0 Å². The Kier molecular flexibility index (Phi) is 6.09. The number of aryl methyl sites for hydroxylation is 3. The number of carbonyl (C=O) groups is 1. The predicted molar refractivity (Wildman–Crippen MR) is 126 cm³/mol. The molecule has 1 fully saturated rings. The van der Waals surface area contributed by atoms with Crippen molar-refractivity contribution in [2.45, 2.75) is 52.1 Å². The number of fused-ring (bicyclic) bond motifs is 1. The fourth-order valence-electron chi connectivity index (χ4n) is 4.69. The van der Waals surface area contributed by atoms with Crippen molar-refractivity contribution >= 4 is 17.4 Å². The quantitative estimate of drug-likeness (QED) is 0.587. The molecule has 2 N–H and O–H groups in total. The van der Waals surface area contributed by atoms with Crippen molar-refractivity contribution in [1.82, 2.24) is 25.1 Å². The number of pyridine rings is 2. The van der Waals surface area contributed by atoms with Gasteiger partial charge in [0.25, 0.3) is 5.91 Å². The summed E-state index contributed by atoms with van der Waals surface area (Å²) >= 11 is 0. The number of amides is 1. The first-order valence-electron chi connectivity index (χ1n) is 11.7. The summed E-state index contributed by atoms with van der Waals surface area (Å²) in [6.45, 7) is 5.41. The fourth-order valence-corrected chi connectivity index (χ4v) is 4.69. The number of anilines is 2. The number of nitrogens with one attached hydrogen (secondary N) is 2. The number of carbonyl (C=O) groups excluding carboxylic acids is 1. The van der Waals surface area contributed by atoms with Crippen molar-refractivity contribution < 1.29 is 9.53 Å². The molecule has 172 valence electrons. The molecule has 0 spiro atoms. The first-order chi connectivity index (χ1) is 16.1. The second-order valence-electron chi connectivity index (χ2n) is 8.91. The molecule has 0 radical (unpaired) electrons. The Labute approximate surface area is 193 Å². The van der Waals surface area contributed by atoms with Crippen LogP contribution >= 0.6 is 0 Å². The van der Waals surface area contributed by atoms with Gasteiger partial charge in [-0.2, -0.15) is 5.10 Å². The van der Waals surface area contributed by atoms with Crippen LogP contribution < -0.4 is 5.32 Å². The molecule has 1 atom stereocenters. The Hall–Kier alpha value is -3.26. The van der Waals surface area contributed by atoms with Gasteiger partial charge in [0.1, 0.15) is 11.9 Å². The lowest BCUT2D eigenvalue weighted by Gasteiger charge is -2.32. The van der Waals surface area contributed by atoms with Gasteiger partial charge in [-0.15, -0.1) is 0 Å². The lowest BCUT2D eigenvalue weighted by molar-refractivity contribution is -0.0249. The third-order valence-corrected chi connectivity index (χ3v) is 6.33. The lowest BCUT2D eigenvalue weighted by atomic mass is 10.1. The van der Waals surface area contributed by atoms with E-state index in [2.05, 4.69) is 20.5 Å². The maximum atomic E-state index is 13.4. The highest BCUT2D eigenvalue weighted by molar-refractivity contribution is 5.94. The third kappa shape index (κ3) is 4.75. The van der Waals surface area contributed by atoms with E-state index in [4.69, 9.17) is 9.72 Å². The van der Waals surface area contributed by atoms with E-state index < -0.39 is 0 Å². The van der Waals surface area contributed by atoms with Gasteiger partial charge in [-0.3, -0.25) is 14.9 Å². The Morgan fingerprint density at radius 1 is 1.12 bits per heavy atom. The summed E-state index contributed by atoms with van der Waals surface area (Å²) in [5, 5.41) is 10.9. The molecule has 2 aliphatic rings. The average molecular weight is 447 g/mol. The Balaban J connectivity index is 1.34. The smallest absolute Gasteiger partial charge is 0.274 e. The van der Waals surface area contributed by atoms with Crippen LogP contribution in [0.4, 0.5) is 11.5 Å². The predicted octanol–water partition coefficient (Wildman–Crippen LogP) is 4.04. The largest absolute Gasteiger partial charge is 0.368 e. The molecule has 0 aromatic carbocycles. The molecule has 8 nitrogen and oxygen atoms in total. The van der Waals surface area contributed by atoms with Crippen LogP contribution in [0.1, 0.15) is 64.2 Å². The average Bonchev–Trinajstić information content (AvgIpc) is 3.06. The van der Waals surface area contributed by atoms with Crippen LogP contribution in [0.5, 0.6) is 0 Å². The number of hydrogen-bond acceptors (Lipinski definition) is 6. The minimum absolute atomic E-state index is 0.0161. The van der Waals surface area contributed by atoms with Crippen LogP contribution in [0, 0.1) is 13.8 Å². The standard InChI is InChI=1S/C25H30N6O2/c1-16-7-6-10-23(27-16)28-18-13-17(2)26-21(14-18)22-15-31(11-12-33-22)25(32)24-19-8-4-3-5-9-20(19)29-30-24/h6-7,10,13-14,22H,3-5,8-9,11-12,15H2,1-2H3,(H,29,30)(H,26,27,28)/t22-/m0/s1. The molecule has 1 saturated heterocycles. The zero-order valence-corrected chi connectivity index (χ0v) is 19.2. The zero-order chi connectivity index (χ0) is 22.8. The van der Waals surface area contributed by atoms with Gasteiger partial charge >= 0.3 is 0 Å². The molecule has 1 aliphatic carbocycles. The molecule has 33 heavy (non-hydrogen) atoms. The van der Waals surface area contributed by atoms with E-state index >= 15 is 0 Å². The Morgan fingerprint density at radius 2 is 2.00 bits per heavy atom. The van der Waals surface area contributed by atoms with Gasteiger partial charge in [0, 0.05) is 34.9 Å². The van der Waals surface area contributed by atoms with E-state index in [0.717, 1.165) is 65.5 Å². The number of nitrogens with zero attached hydrogens (tertiary/aromatic N) is 4.